The highest BCUT2D eigenvalue weighted by molar-refractivity contribution is 6.06. The molecule has 0 unspecified atom stereocenters. The van der Waals surface area contributed by atoms with Crippen LogP contribution in [0.5, 0.6) is 11.5 Å². The lowest BCUT2D eigenvalue weighted by atomic mass is 10.1. The summed E-state index contributed by atoms with van der Waals surface area (Å²) in [5.74, 6) is 1.96. The molecule has 1 amide bonds. The van der Waals surface area contributed by atoms with E-state index in [2.05, 4.69) is 5.10 Å². The number of methoxy groups -OCH3 is 1. The summed E-state index contributed by atoms with van der Waals surface area (Å²) in [6, 6.07) is 9.37. The van der Waals surface area contributed by atoms with E-state index < -0.39 is 0 Å². The normalized spacial score (nSPS) is 13.5. The number of carbonyl (C=O) groups is 1. The van der Waals surface area contributed by atoms with Crippen molar-refractivity contribution in [2.24, 2.45) is 7.05 Å². The van der Waals surface area contributed by atoms with Gasteiger partial charge in [0.05, 0.1) is 30.3 Å². The predicted molar refractivity (Wildman–Crippen MR) is 111 cm³/mol. The average molecular weight is 394 g/mol. The van der Waals surface area contributed by atoms with Crippen LogP contribution in [0.15, 0.2) is 30.3 Å². The number of ether oxygens (including phenoxy) is 2. The maximum Gasteiger partial charge on any atom is 0.254 e. The Morgan fingerprint density at radius 3 is 2.59 bits per heavy atom. The fourth-order valence-electron chi connectivity index (χ4n) is 3.50. The van der Waals surface area contributed by atoms with Crippen LogP contribution in [0.25, 0.3) is 11.0 Å². The largest absolute Gasteiger partial charge is 0.497 e. The molecule has 0 aliphatic heterocycles. The molecule has 3 aromatic rings. The molecule has 0 bridgehead atoms. The molecule has 4 rings (SSSR count). The Kier molecular flexibility index (Phi) is 5.13. The van der Waals surface area contributed by atoms with Gasteiger partial charge >= 0.3 is 0 Å². The van der Waals surface area contributed by atoms with Gasteiger partial charge in [-0.2, -0.15) is 5.10 Å². The summed E-state index contributed by atoms with van der Waals surface area (Å²) in [6.07, 6.45) is 2.27. The minimum Gasteiger partial charge on any atom is -0.497 e. The predicted octanol–water partition coefficient (Wildman–Crippen LogP) is 3.31. The topological polar surface area (TPSA) is 69.5 Å². The Morgan fingerprint density at radius 2 is 1.93 bits per heavy atom. The molecule has 0 N–H and O–H groups in total. The van der Waals surface area contributed by atoms with E-state index >= 15 is 0 Å². The van der Waals surface area contributed by atoms with Crippen molar-refractivity contribution in [3.8, 4) is 11.5 Å². The molecule has 2 heterocycles. The van der Waals surface area contributed by atoms with E-state index in [4.69, 9.17) is 14.5 Å². The van der Waals surface area contributed by atoms with Crippen LogP contribution < -0.4 is 9.47 Å². The van der Waals surface area contributed by atoms with Gasteiger partial charge in [0, 0.05) is 25.7 Å². The van der Waals surface area contributed by atoms with Crippen molar-refractivity contribution in [3.05, 3.63) is 47.3 Å². The second-order valence-electron chi connectivity index (χ2n) is 7.53. The third-order valence-corrected chi connectivity index (χ3v) is 5.32. The minimum absolute atomic E-state index is 0.0336. The molecule has 7 nitrogen and oxygen atoms in total. The van der Waals surface area contributed by atoms with E-state index in [0.29, 0.717) is 24.6 Å². The van der Waals surface area contributed by atoms with Crippen molar-refractivity contribution in [1.29, 1.82) is 0 Å². The van der Waals surface area contributed by atoms with Crippen molar-refractivity contribution >= 4 is 16.9 Å². The zero-order valence-corrected chi connectivity index (χ0v) is 17.3. The average Bonchev–Trinajstić information content (AvgIpc) is 3.53. The van der Waals surface area contributed by atoms with Crippen LogP contribution in [0.4, 0.5) is 0 Å². The van der Waals surface area contributed by atoms with Crippen LogP contribution in [-0.2, 0) is 7.05 Å². The first-order valence-electron chi connectivity index (χ1n) is 9.84. The number of nitrogens with zero attached hydrogens (tertiary/aromatic N) is 4. The van der Waals surface area contributed by atoms with Crippen LogP contribution in [-0.4, -0.2) is 52.9 Å². The van der Waals surface area contributed by atoms with E-state index in [0.717, 1.165) is 46.8 Å². The number of rotatable bonds is 7. The molecule has 152 valence electrons. The van der Waals surface area contributed by atoms with Gasteiger partial charge in [-0.25, -0.2) is 4.98 Å². The number of aromatic nitrogens is 3. The molecule has 2 aromatic heterocycles. The van der Waals surface area contributed by atoms with Gasteiger partial charge in [-0.1, -0.05) is 0 Å². The third-order valence-electron chi connectivity index (χ3n) is 5.32. The Bertz CT molecular complexity index is 1040. The van der Waals surface area contributed by atoms with Crippen LogP contribution in [0.2, 0.25) is 0 Å². The zero-order chi connectivity index (χ0) is 20.5. The number of pyridine rings is 1. The summed E-state index contributed by atoms with van der Waals surface area (Å²) in [4.78, 5) is 19.7. The highest BCUT2D eigenvalue weighted by atomic mass is 16.5. The second kappa shape index (κ2) is 7.73. The Labute approximate surface area is 170 Å². The van der Waals surface area contributed by atoms with Gasteiger partial charge in [-0.3, -0.25) is 9.48 Å². The third kappa shape index (κ3) is 3.90. The van der Waals surface area contributed by atoms with E-state index in [1.165, 1.54) is 0 Å². The summed E-state index contributed by atoms with van der Waals surface area (Å²) in [7, 11) is 5.30. The lowest BCUT2D eigenvalue weighted by Gasteiger charge is -2.19. The van der Waals surface area contributed by atoms with E-state index in [1.54, 1.807) is 23.7 Å². The first kappa shape index (κ1) is 19.2. The van der Waals surface area contributed by atoms with Gasteiger partial charge in [0.1, 0.15) is 18.1 Å². The molecule has 29 heavy (non-hydrogen) atoms. The van der Waals surface area contributed by atoms with Gasteiger partial charge in [0.25, 0.3) is 5.91 Å². The van der Waals surface area contributed by atoms with Gasteiger partial charge in [-0.05, 0) is 50.1 Å². The maximum atomic E-state index is 13.2. The Balaban J connectivity index is 1.50. The molecule has 1 aromatic carbocycles. The van der Waals surface area contributed by atoms with Crippen molar-refractivity contribution < 1.29 is 14.3 Å². The quantitative estimate of drug-likeness (QED) is 0.615. The molecule has 1 saturated carbocycles. The molecule has 1 aliphatic carbocycles. The van der Waals surface area contributed by atoms with E-state index in [1.807, 2.05) is 44.3 Å². The molecular weight excluding hydrogens is 368 g/mol. The number of benzene rings is 1. The lowest BCUT2D eigenvalue weighted by molar-refractivity contribution is 0.0775. The van der Waals surface area contributed by atoms with Crippen molar-refractivity contribution in [1.82, 2.24) is 19.7 Å². The van der Waals surface area contributed by atoms with Gasteiger partial charge in [0.2, 0.25) is 0 Å². The van der Waals surface area contributed by atoms with Crippen LogP contribution in [0.3, 0.4) is 0 Å². The van der Waals surface area contributed by atoms with E-state index in [9.17, 15) is 4.79 Å². The Morgan fingerprint density at radius 1 is 1.24 bits per heavy atom. The monoisotopic (exact) mass is 394 g/mol. The molecule has 1 aliphatic rings. The molecule has 1 fully saturated rings. The lowest BCUT2D eigenvalue weighted by Crippen LogP contribution is -2.31. The second-order valence-corrected chi connectivity index (χ2v) is 7.53. The summed E-state index contributed by atoms with van der Waals surface area (Å²) in [5.41, 5.74) is 3.27. The first-order chi connectivity index (χ1) is 14.0. The minimum atomic E-state index is -0.0336. The number of carbonyl (C=O) groups excluding carboxylic acids is 1. The Hall–Kier alpha value is -3.09. The van der Waals surface area contributed by atoms with Crippen molar-refractivity contribution in [2.75, 3.05) is 27.3 Å². The summed E-state index contributed by atoms with van der Waals surface area (Å²) < 4.78 is 12.7. The number of amides is 1. The first-order valence-corrected chi connectivity index (χ1v) is 9.84. The molecule has 7 heteroatoms. The maximum absolute atomic E-state index is 13.2. The van der Waals surface area contributed by atoms with Crippen LogP contribution >= 0.6 is 0 Å². The molecular formula is C22H26N4O3. The number of hydrogen-bond acceptors (Lipinski definition) is 5. The number of likely N-dealkylation sites (N-methyl/N-ethyl adjacent to an activating group) is 1. The van der Waals surface area contributed by atoms with E-state index in [-0.39, 0.29) is 5.91 Å². The van der Waals surface area contributed by atoms with Crippen LogP contribution in [0, 0.1) is 6.92 Å². The van der Waals surface area contributed by atoms with Crippen molar-refractivity contribution in [2.45, 2.75) is 25.7 Å². The highest BCUT2D eigenvalue weighted by Gasteiger charge is 2.29. The SMILES string of the molecule is COc1ccc(OCCN(C)C(=O)c2cc(C3CC3)nc3c2c(C)nn3C)cc1. The highest BCUT2D eigenvalue weighted by Crippen LogP contribution is 2.40. The standard InChI is InChI=1S/C22H26N4O3/c1-14-20-18(13-19(15-5-6-15)23-21(20)26(3)24-14)22(27)25(2)11-12-29-17-9-7-16(28-4)8-10-17/h7-10,13,15H,5-6,11-12H2,1-4H3. The number of aryl methyl sites for hydroxylation is 2. The smallest absolute Gasteiger partial charge is 0.254 e. The van der Waals surface area contributed by atoms with Gasteiger partial charge in [-0.15, -0.1) is 0 Å². The molecule has 0 radical (unpaired) electrons. The van der Waals surface area contributed by atoms with Gasteiger partial charge < -0.3 is 14.4 Å². The molecule has 0 saturated heterocycles. The number of hydrogen-bond donors (Lipinski definition) is 0. The summed E-state index contributed by atoms with van der Waals surface area (Å²) in [5, 5.41) is 5.32. The summed E-state index contributed by atoms with van der Waals surface area (Å²) >= 11 is 0. The van der Waals surface area contributed by atoms with Crippen LogP contribution in [0.1, 0.15) is 40.5 Å². The fraction of sp³-hybridized carbons (Fsp3) is 0.409. The fourth-order valence-corrected chi connectivity index (χ4v) is 3.50. The van der Waals surface area contributed by atoms with Gasteiger partial charge in [0.15, 0.2) is 5.65 Å². The molecule has 0 atom stereocenters. The zero-order valence-electron chi connectivity index (χ0n) is 17.3. The summed E-state index contributed by atoms with van der Waals surface area (Å²) in [6.45, 7) is 2.81. The molecule has 0 spiro atoms. The van der Waals surface area contributed by atoms with Crippen molar-refractivity contribution in [3.63, 3.8) is 0 Å². The number of fused-ring (bicyclic) bond motifs is 1.